The third-order valence-electron chi connectivity index (χ3n) is 4.11. The number of hydrogen-bond acceptors (Lipinski definition) is 2. The van der Waals surface area contributed by atoms with Crippen molar-refractivity contribution < 1.29 is 0 Å². The van der Waals surface area contributed by atoms with Gasteiger partial charge in [-0.2, -0.15) is 0 Å². The van der Waals surface area contributed by atoms with Crippen LogP contribution in [0.1, 0.15) is 40.0 Å². The van der Waals surface area contributed by atoms with Crippen LogP contribution < -0.4 is 5.32 Å². The Morgan fingerprint density at radius 1 is 1.38 bits per heavy atom. The maximum absolute atomic E-state index is 3.52. The minimum Gasteiger partial charge on any atom is -0.316 e. The van der Waals surface area contributed by atoms with Crippen LogP contribution in [0.3, 0.4) is 0 Å². The molecular formula is C13H27ClN2. The molecule has 2 heterocycles. The highest BCUT2D eigenvalue weighted by molar-refractivity contribution is 5.85. The molecule has 0 radical (unpaired) electrons. The summed E-state index contributed by atoms with van der Waals surface area (Å²) in [5.74, 6) is 1.78. The van der Waals surface area contributed by atoms with Crippen molar-refractivity contribution in [3.05, 3.63) is 0 Å². The topological polar surface area (TPSA) is 15.3 Å². The molecule has 3 heteroatoms. The molecule has 2 aliphatic heterocycles. The Labute approximate surface area is 107 Å². The van der Waals surface area contributed by atoms with Gasteiger partial charge in [0.2, 0.25) is 0 Å². The van der Waals surface area contributed by atoms with E-state index in [-0.39, 0.29) is 12.4 Å². The number of halogens is 1. The zero-order chi connectivity index (χ0) is 10.9. The van der Waals surface area contributed by atoms with Gasteiger partial charge in [-0.15, -0.1) is 12.4 Å². The van der Waals surface area contributed by atoms with Crippen molar-refractivity contribution in [2.45, 2.75) is 45.6 Å². The van der Waals surface area contributed by atoms with Crippen LogP contribution in [0.25, 0.3) is 0 Å². The zero-order valence-electron chi connectivity index (χ0n) is 11.0. The summed E-state index contributed by atoms with van der Waals surface area (Å²) in [4.78, 5) is 2.72. The van der Waals surface area contributed by atoms with Crippen LogP contribution in [0, 0.1) is 11.8 Å². The van der Waals surface area contributed by atoms with E-state index in [1.165, 1.54) is 45.4 Å². The van der Waals surface area contributed by atoms with E-state index in [0.717, 1.165) is 11.8 Å². The normalized spacial score (nSPS) is 34.7. The van der Waals surface area contributed by atoms with E-state index in [9.17, 15) is 0 Å². The third kappa shape index (κ3) is 3.35. The van der Waals surface area contributed by atoms with Gasteiger partial charge in [-0.05, 0) is 58.0 Å². The van der Waals surface area contributed by atoms with Crippen molar-refractivity contribution in [3.8, 4) is 0 Å². The molecular weight excluding hydrogens is 220 g/mol. The summed E-state index contributed by atoms with van der Waals surface area (Å²) in [6.07, 6.45) is 4.16. The molecule has 2 rings (SSSR count). The van der Waals surface area contributed by atoms with Gasteiger partial charge in [-0.3, -0.25) is 4.90 Å². The maximum Gasteiger partial charge on any atom is 0.0156 e. The Balaban J connectivity index is 0.00000128. The third-order valence-corrected chi connectivity index (χ3v) is 4.11. The summed E-state index contributed by atoms with van der Waals surface area (Å²) in [6.45, 7) is 12.3. The molecule has 16 heavy (non-hydrogen) atoms. The zero-order valence-corrected chi connectivity index (χ0v) is 11.8. The molecule has 2 saturated heterocycles. The number of hydrogen-bond donors (Lipinski definition) is 1. The Bertz CT molecular complexity index is 212. The minimum atomic E-state index is 0. The number of nitrogens with zero attached hydrogens (tertiary/aromatic N) is 1. The van der Waals surface area contributed by atoms with Gasteiger partial charge in [-0.1, -0.05) is 6.92 Å². The second-order valence-electron chi connectivity index (χ2n) is 6.24. The molecule has 0 aliphatic carbocycles. The Hall–Kier alpha value is 0.210. The molecule has 0 spiro atoms. The molecule has 0 aromatic carbocycles. The number of likely N-dealkylation sites (tertiary alicyclic amines) is 1. The second kappa shape index (κ2) is 5.70. The molecule has 2 nitrogen and oxygen atoms in total. The quantitative estimate of drug-likeness (QED) is 0.806. The molecule has 0 aromatic heterocycles. The average molecular weight is 247 g/mol. The van der Waals surface area contributed by atoms with Crippen molar-refractivity contribution in [1.82, 2.24) is 10.2 Å². The highest BCUT2D eigenvalue weighted by atomic mass is 35.5. The average Bonchev–Trinajstić information content (AvgIpc) is 2.41. The van der Waals surface area contributed by atoms with Crippen molar-refractivity contribution in [3.63, 3.8) is 0 Å². The number of nitrogens with one attached hydrogen (secondary N) is 1. The lowest BCUT2D eigenvalue weighted by Gasteiger charge is -2.35. The van der Waals surface area contributed by atoms with E-state index in [2.05, 4.69) is 31.0 Å². The van der Waals surface area contributed by atoms with Gasteiger partial charge >= 0.3 is 0 Å². The lowest BCUT2D eigenvalue weighted by molar-refractivity contribution is 0.136. The van der Waals surface area contributed by atoms with Gasteiger partial charge in [0.1, 0.15) is 0 Å². The SMILES string of the molecule is CC1CN(CC2CCCNC2)C(C)(C)C1.Cl. The van der Waals surface area contributed by atoms with Crippen molar-refractivity contribution in [1.29, 1.82) is 0 Å². The second-order valence-corrected chi connectivity index (χ2v) is 6.24. The Kier molecular flexibility index (Phi) is 5.09. The van der Waals surface area contributed by atoms with Gasteiger partial charge in [-0.25, -0.2) is 0 Å². The van der Waals surface area contributed by atoms with Gasteiger partial charge in [0.05, 0.1) is 0 Å². The lowest BCUT2D eigenvalue weighted by atomic mass is 9.95. The van der Waals surface area contributed by atoms with Crippen LogP contribution in [-0.2, 0) is 0 Å². The van der Waals surface area contributed by atoms with Crippen LogP contribution in [-0.4, -0.2) is 36.6 Å². The smallest absolute Gasteiger partial charge is 0.0156 e. The first-order chi connectivity index (χ1) is 7.08. The highest BCUT2D eigenvalue weighted by Crippen LogP contribution is 2.33. The van der Waals surface area contributed by atoms with Crippen molar-refractivity contribution >= 4 is 12.4 Å². The molecule has 96 valence electrons. The summed E-state index contributed by atoms with van der Waals surface area (Å²) < 4.78 is 0. The van der Waals surface area contributed by atoms with Crippen LogP contribution >= 0.6 is 12.4 Å². The summed E-state index contributed by atoms with van der Waals surface area (Å²) in [7, 11) is 0. The van der Waals surface area contributed by atoms with Gasteiger partial charge < -0.3 is 5.32 Å². The van der Waals surface area contributed by atoms with E-state index >= 15 is 0 Å². The van der Waals surface area contributed by atoms with Crippen LogP contribution in [0.15, 0.2) is 0 Å². The summed E-state index contributed by atoms with van der Waals surface area (Å²) in [6, 6.07) is 0. The molecule has 2 unspecified atom stereocenters. The van der Waals surface area contributed by atoms with Gasteiger partial charge in [0, 0.05) is 18.6 Å². The van der Waals surface area contributed by atoms with E-state index in [0.29, 0.717) is 5.54 Å². The monoisotopic (exact) mass is 246 g/mol. The number of rotatable bonds is 2. The molecule has 0 saturated carbocycles. The molecule has 0 bridgehead atoms. The standard InChI is InChI=1S/C13H26N2.ClH/c1-11-7-13(2,3)15(9-11)10-12-5-4-6-14-8-12;/h11-12,14H,4-10H2,1-3H3;1H. The Morgan fingerprint density at radius 2 is 2.12 bits per heavy atom. The molecule has 0 aromatic rings. The summed E-state index contributed by atoms with van der Waals surface area (Å²) >= 11 is 0. The fourth-order valence-corrected chi connectivity index (χ4v) is 3.38. The highest BCUT2D eigenvalue weighted by Gasteiger charge is 2.37. The molecule has 2 atom stereocenters. The van der Waals surface area contributed by atoms with Crippen LogP contribution in [0.4, 0.5) is 0 Å². The number of piperidine rings is 1. The summed E-state index contributed by atoms with van der Waals surface area (Å²) in [5.41, 5.74) is 0.441. The van der Waals surface area contributed by atoms with Crippen LogP contribution in [0.5, 0.6) is 0 Å². The predicted octanol–water partition coefficient (Wildman–Crippen LogP) is 2.53. The van der Waals surface area contributed by atoms with Crippen molar-refractivity contribution in [2.75, 3.05) is 26.2 Å². The Morgan fingerprint density at radius 3 is 2.62 bits per heavy atom. The molecule has 2 aliphatic rings. The first kappa shape index (κ1) is 14.3. The van der Waals surface area contributed by atoms with E-state index in [1.807, 2.05) is 0 Å². The van der Waals surface area contributed by atoms with Crippen LogP contribution in [0.2, 0.25) is 0 Å². The van der Waals surface area contributed by atoms with Gasteiger partial charge in [0.25, 0.3) is 0 Å². The lowest BCUT2D eigenvalue weighted by Crippen LogP contribution is -2.44. The first-order valence-corrected chi connectivity index (χ1v) is 6.54. The van der Waals surface area contributed by atoms with Crippen molar-refractivity contribution in [2.24, 2.45) is 11.8 Å². The fraction of sp³-hybridized carbons (Fsp3) is 1.00. The first-order valence-electron chi connectivity index (χ1n) is 6.54. The maximum atomic E-state index is 3.52. The molecule has 0 amide bonds. The molecule has 1 N–H and O–H groups in total. The van der Waals surface area contributed by atoms with E-state index in [4.69, 9.17) is 0 Å². The summed E-state index contributed by atoms with van der Waals surface area (Å²) in [5, 5.41) is 3.52. The van der Waals surface area contributed by atoms with Gasteiger partial charge in [0.15, 0.2) is 0 Å². The van der Waals surface area contributed by atoms with E-state index < -0.39 is 0 Å². The molecule has 2 fully saturated rings. The van der Waals surface area contributed by atoms with E-state index in [1.54, 1.807) is 0 Å². The fourth-order valence-electron chi connectivity index (χ4n) is 3.38. The minimum absolute atomic E-state index is 0. The largest absolute Gasteiger partial charge is 0.316 e. The predicted molar refractivity (Wildman–Crippen MR) is 72.3 cm³/mol.